The summed E-state index contributed by atoms with van der Waals surface area (Å²) in [6.45, 7) is 5.92. The van der Waals surface area contributed by atoms with E-state index in [0.29, 0.717) is 66.2 Å². The number of fused-ring (bicyclic) bond motifs is 1. The van der Waals surface area contributed by atoms with Crippen LogP contribution < -0.4 is 25.0 Å². The molecule has 2 aromatic heterocycles. The number of benzene rings is 1. The summed E-state index contributed by atoms with van der Waals surface area (Å²) in [5.74, 6) is 2.16. The van der Waals surface area contributed by atoms with E-state index in [0.717, 1.165) is 18.4 Å². The molecule has 1 unspecified atom stereocenters. The summed E-state index contributed by atoms with van der Waals surface area (Å²) in [5.41, 5.74) is 0.999. The molecule has 2 aliphatic rings. The standard InChI is InChI=1S/C28H32Cl2N6O5/c1-5-23(37)33-17-7-9-41-14-19(17)32-22-10-16-18(12-31-22)34-27(35-28(16)36-8-6-15(13-36)38-2)24-25(29)20(39-3)11-21(40-4)26(24)30/h5,10-12,15,17,19H,1,6-9,13-14H2,2-4H3,(H,31,32)(H,33,37)/t15?,17-,19+/m0/s1. The van der Waals surface area contributed by atoms with Crippen molar-refractivity contribution in [1.29, 1.82) is 0 Å². The zero-order valence-electron chi connectivity index (χ0n) is 23.1. The number of aromatic nitrogens is 3. The summed E-state index contributed by atoms with van der Waals surface area (Å²) in [6, 6.07) is 3.20. The van der Waals surface area contributed by atoms with Crippen molar-refractivity contribution in [2.75, 3.05) is 57.8 Å². The molecule has 2 fully saturated rings. The Hall–Kier alpha value is -3.38. The number of hydrogen-bond donors (Lipinski definition) is 2. The van der Waals surface area contributed by atoms with E-state index >= 15 is 0 Å². The van der Waals surface area contributed by atoms with Crippen LogP contribution in [0.1, 0.15) is 12.8 Å². The highest BCUT2D eigenvalue weighted by Gasteiger charge is 2.30. The number of amides is 1. The molecule has 0 aliphatic carbocycles. The molecule has 5 rings (SSSR count). The van der Waals surface area contributed by atoms with E-state index in [-0.39, 0.29) is 34.1 Å². The Morgan fingerprint density at radius 2 is 1.88 bits per heavy atom. The maximum atomic E-state index is 12.0. The van der Waals surface area contributed by atoms with Crippen molar-refractivity contribution in [3.8, 4) is 22.9 Å². The van der Waals surface area contributed by atoms with Gasteiger partial charge in [0.15, 0.2) is 5.82 Å². The Bertz CT molecular complexity index is 1430. The van der Waals surface area contributed by atoms with Gasteiger partial charge in [-0.2, -0.15) is 0 Å². The van der Waals surface area contributed by atoms with E-state index in [4.69, 9.17) is 52.1 Å². The number of hydrogen-bond acceptors (Lipinski definition) is 10. The second kappa shape index (κ2) is 12.6. The third-order valence-electron chi connectivity index (χ3n) is 7.34. The summed E-state index contributed by atoms with van der Waals surface area (Å²) >= 11 is 13.5. The molecule has 4 heterocycles. The Balaban J connectivity index is 1.59. The topological polar surface area (TPSA) is 120 Å². The van der Waals surface area contributed by atoms with Crippen LogP contribution in [0, 0.1) is 0 Å². The fourth-order valence-electron chi connectivity index (χ4n) is 5.13. The average molecular weight is 604 g/mol. The Morgan fingerprint density at radius 3 is 2.54 bits per heavy atom. The number of ether oxygens (including phenoxy) is 4. The first-order valence-corrected chi connectivity index (χ1v) is 14.0. The highest BCUT2D eigenvalue weighted by Crippen LogP contribution is 2.46. The molecule has 11 nitrogen and oxygen atoms in total. The van der Waals surface area contributed by atoms with Gasteiger partial charge in [-0.3, -0.25) is 4.79 Å². The molecule has 13 heteroatoms. The third kappa shape index (κ3) is 5.99. The molecule has 3 atom stereocenters. The van der Waals surface area contributed by atoms with Gasteiger partial charge in [0.05, 0.1) is 66.3 Å². The van der Waals surface area contributed by atoms with Gasteiger partial charge in [-0.1, -0.05) is 29.8 Å². The van der Waals surface area contributed by atoms with Gasteiger partial charge in [-0.15, -0.1) is 0 Å². The van der Waals surface area contributed by atoms with Crippen molar-refractivity contribution in [2.45, 2.75) is 31.0 Å². The monoisotopic (exact) mass is 602 g/mol. The second-order valence-corrected chi connectivity index (χ2v) is 10.5. The minimum atomic E-state index is -0.230. The molecule has 218 valence electrons. The average Bonchev–Trinajstić information content (AvgIpc) is 3.47. The molecule has 3 aromatic rings. The van der Waals surface area contributed by atoms with Gasteiger partial charge in [-0.05, 0) is 25.0 Å². The lowest BCUT2D eigenvalue weighted by atomic mass is 10.0. The van der Waals surface area contributed by atoms with Crippen molar-refractivity contribution in [2.24, 2.45) is 0 Å². The van der Waals surface area contributed by atoms with E-state index in [1.165, 1.54) is 20.3 Å². The molecule has 1 aromatic carbocycles. The molecule has 0 radical (unpaired) electrons. The van der Waals surface area contributed by atoms with Crippen molar-refractivity contribution in [3.05, 3.63) is 41.0 Å². The highest BCUT2D eigenvalue weighted by molar-refractivity contribution is 6.41. The molecule has 2 aliphatic heterocycles. The van der Waals surface area contributed by atoms with Crippen LogP contribution in [-0.4, -0.2) is 86.7 Å². The van der Waals surface area contributed by atoms with E-state index in [9.17, 15) is 4.79 Å². The summed E-state index contributed by atoms with van der Waals surface area (Å²) in [4.78, 5) is 28.6. The van der Waals surface area contributed by atoms with Crippen LogP contribution in [0.25, 0.3) is 22.3 Å². The lowest BCUT2D eigenvalue weighted by Crippen LogP contribution is -2.52. The molecule has 2 saturated heterocycles. The molecule has 0 saturated carbocycles. The predicted molar refractivity (Wildman–Crippen MR) is 158 cm³/mol. The molecule has 1 amide bonds. The fraction of sp³-hybridized carbons (Fsp3) is 0.429. The normalized spacial score (nSPS) is 20.6. The molecule has 0 bridgehead atoms. The number of anilines is 2. The van der Waals surface area contributed by atoms with Crippen LogP contribution in [0.4, 0.5) is 11.6 Å². The summed E-state index contributed by atoms with van der Waals surface area (Å²) in [5, 5.41) is 7.74. The largest absolute Gasteiger partial charge is 0.495 e. The van der Waals surface area contributed by atoms with Gasteiger partial charge < -0.3 is 34.5 Å². The highest BCUT2D eigenvalue weighted by atomic mass is 35.5. The van der Waals surface area contributed by atoms with Gasteiger partial charge in [0.2, 0.25) is 5.91 Å². The quantitative estimate of drug-likeness (QED) is 0.346. The Labute approximate surface area is 248 Å². The number of carbonyl (C=O) groups excluding carboxylic acids is 1. The predicted octanol–water partition coefficient (Wildman–Crippen LogP) is 4.11. The Morgan fingerprint density at radius 1 is 1.12 bits per heavy atom. The van der Waals surface area contributed by atoms with Gasteiger partial charge in [0.25, 0.3) is 0 Å². The summed E-state index contributed by atoms with van der Waals surface area (Å²) < 4.78 is 22.2. The number of nitrogens with zero attached hydrogens (tertiary/aromatic N) is 4. The first-order valence-electron chi connectivity index (χ1n) is 13.2. The maximum absolute atomic E-state index is 12.0. The molecule has 2 N–H and O–H groups in total. The molecule has 0 spiro atoms. The van der Waals surface area contributed by atoms with Gasteiger partial charge in [0, 0.05) is 38.3 Å². The lowest BCUT2D eigenvalue weighted by Gasteiger charge is -2.32. The Kier molecular flexibility index (Phi) is 8.98. The number of methoxy groups -OCH3 is 3. The first kappa shape index (κ1) is 29.1. The summed E-state index contributed by atoms with van der Waals surface area (Å²) in [6.07, 6.45) is 4.53. The molecule has 41 heavy (non-hydrogen) atoms. The van der Waals surface area contributed by atoms with Crippen molar-refractivity contribution in [1.82, 2.24) is 20.3 Å². The van der Waals surface area contributed by atoms with Gasteiger partial charge >= 0.3 is 0 Å². The lowest BCUT2D eigenvalue weighted by molar-refractivity contribution is -0.117. The first-order chi connectivity index (χ1) is 19.9. The number of halogens is 2. The van der Waals surface area contributed by atoms with Gasteiger partial charge in [-0.25, -0.2) is 15.0 Å². The molecular weight excluding hydrogens is 571 g/mol. The second-order valence-electron chi connectivity index (χ2n) is 9.77. The number of rotatable bonds is 9. The summed E-state index contributed by atoms with van der Waals surface area (Å²) in [7, 11) is 4.74. The van der Waals surface area contributed by atoms with Crippen molar-refractivity contribution in [3.63, 3.8) is 0 Å². The SMILES string of the molecule is C=CC(=O)N[C@H]1CCOC[C@H]1Nc1cc2c(N3CCC(OC)C3)nc(-c3c(Cl)c(OC)cc(OC)c3Cl)nc2cn1. The van der Waals surface area contributed by atoms with E-state index < -0.39 is 0 Å². The zero-order chi connectivity index (χ0) is 29.1. The number of nitrogens with one attached hydrogen (secondary N) is 2. The van der Waals surface area contributed by atoms with Crippen LogP contribution in [0.2, 0.25) is 10.0 Å². The van der Waals surface area contributed by atoms with Crippen LogP contribution in [-0.2, 0) is 14.3 Å². The number of carbonyl (C=O) groups is 1. The fourth-order valence-corrected chi connectivity index (χ4v) is 5.80. The van der Waals surface area contributed by atoms with Crippen LogP contribution >= 0.6 is 23.2 Å². The van der Waals surface area contributed by atoms with Gasteiger partial charge in [0.1, 0.15) is 23.1 Å². The van der Waals surface area contributed by atoms with Crippen molar-refractivity contribution >= 4 is 51.6 Å². The minimum Gasteiger partial charge on any atom is -0.495 e. The van der Waals surface area contributed by atoms with E-state index in [2.05, 4.69) is 27.1 Å². The third-order valence-corrected chi connectivity index (χ3v) is 8.09. The zero-order valence-corrected chi connectivity index (χ0v) is 24.6. The molecular formula is C28H32Cl2N6O5. The van der Waals surface area contributed by atoms with Crippen LogP contribution in [0.3, 0.4) is 0 Å². The van der Waals surface area contributed by atoms with Crippen LogP contribution in [0.15, 0.2) is 31.0 Å². The van der Waals surface area contributed by atoms with Crippen molar-refractivity contribution < 1.29 is 23.7 Å². The van der Waals surface area contributed by atoms with E-state index in [1.54, 1.807) is 19.4 Å². The van der Waals surface area contributed by atoms with Crippen LogP contribution in [0.5, 0.6) is 11.5 Å². The van der Waals surface area contributed by atoms with E-state index in [1.807, 2.05) is 6.07 Å². The smallest absolute Gasteiger partial charge is 0.243 e. The minimum absolute atomic E-state index is 0.0700. The maximum Gasteiger partial charge on any atom is 0.243 e. The number of pyridine rings is 1.